The third-order valence-electron chi connectivity index (χ3n) is 4.80. The third-order valence-corrected chi connectivity index (χ3v) is 4.92. The van der Waals surface area contributed by atoms with Crippen molar-refractivity contribution in [1.82, 2.24) is 0 Å². The van der Waals surface area contributed by atoms with Crippen molar-refractivity contribution in [3.8, 4) is 5.75 Å². The van der Waals surface area contributed by atoms with E-state index >= 15 is 0 Å². The lowest BCUT2D eigenvalue weighted by atomic mass is 10.0. The van der Waals surface area contributed by atoms with Gasteiger partial charge < -0.3 is 15.8 Å². The SMILES string of the molecule is CC1(C)C(C(=O)Nc2ccccc2OCC(N)=S)C1(C)C. The molecule has 3 N–H and O–H groups in total. The smallest absolute Gasteiger partial charge is 0.228 e. The van der Waals surface area contributed by atoms with Crippen LogP contribution < -0.4 is 15.8 Å². The molecule has 0 aromatic heterocycles. The monoisotopic (exact) mass is 306 g/mol. The van der Waals surface area contributed by atoms with Crippen LogP contribution in [0.15, 0.2) is 24.3 Å². The van der Waals surface area contributed by atoms with Gasteiger partial charge in [0.2, 0.25) is 5.91 Å². The average molecular weight is 306 g/mol. The summed E-state index contributed by atoms with van der Waals surface area (Å²) in [6.45, 7) is 8.63. The Hall–Kier alpha value is -1.62. The van der Waals surface area contributed by atoms with Crippen molar-refractivity contribution in [2.75, 3.05) is 11.9 Å². The third kappa shape index (κ3) is 2.88. The summed E-state index contributed by atoms with van der Waals surface area (Å²) in [5.41, 5.74) is 6.10. The van der Waals surface area contributed by atoms with Gasteiger partial charge in [-0.05, 0) is 23.0 Å². The highest BCUT2D eigenvalue weighted by atomic mass is 32.1. The van der Waals surface area contributed by atoms with E-state index < -0.39 is 0 Å². The van der Waals surface area contributed by atoms with E-state index in [4.69, 9.17) is 22.7 Å². The van der Waals surface area contributed by atoms with E-state index in [0.717, 1.165) is 0 Å². The number of thiocarbonyl (C=S) groups is 1. The summed E-state index contributed by atoms with van der Waals surface area (Å²) in [5.74, 6) is 0.597. The Balaban J connectivity index is 2.10. The molecule has 21 heavy (non-hydrogen) atoms. The number of carbonyl (C=O) groups is 1. The van der Waals surface area contributed by atoms with Crippen molar-refractivity contribution < 1.29 is 9.53 Å². The number of ether oxygens (including phenoxy) is 1. The largest absolute Gasteiger partial charge is 0.484 e. The highest BCUT2D eigenvalue weighted by molar-refractivity contribution is 7.80. The predicted octanol–water partition coefficient (Wildman–Crippen LogP) is 2.97. The van der Waals surface area contributed by atoms with E-state index in [1.54, 1.807) is 6.07 Å². The molecule has 0 radical (unpaired) electrons. The van der Waals surface area contributed by atoms with Gasteiger partial charge in [-0.2, -0.15) is 0 Å². The van der Waals surface area contributed by atoms with Gasteiger partial charge in [-0.3, -0.25) is 4.79 Å². The number of nitrogens with one attached hydrogen (secondary N) is 1. The summed E-state index contributed by atoms with van der Waals surface area (Å²) >= 11 is 4.80. The molecule has 2 rings (SSSR count). The molecule has 1 amide bonds. The van der Waals surface area contributed by atoms with Crippen LogP contribution in [0.4, 0.5) is 5.69 Å². The fourth-order valence-electron chi connectivity index (χ4n) is 2.90. The summed E-state index contributed by atoms with van der Waals surface area (Å²) < 4.78 is 5.52. The number of amides is 1. The maximum absolute atomic E-state index is 12.5. The number of para-hydroxylation sites is 2. The minimum absolute atomic E-state index is 0.00566. The van der Waals surface area contributed by atoms with Gasteiger partial charge in [0.15, 0.2) is 0 Å². The van der Waals surface area contributed by atoms with E-state index in [9.17, 15) is 4.79 Å². The van der Waals surface area contributed by atoms with Crippen molar-refractivity contribution in [2.45, 2.75) is 27.7 Å². The lowest BCUT2D eigenvalue weighted by Crippen LogP contribution is -2.20. The second-order valence-electron chi connectivity index (χ2n) is 6.62. The number of nitrogens with two attached hydrogens (primary N) is 1. The van der Waals surface area contributed by atoms with Crippen LogP contribution in [0.5, 0.6) is 5.75 Å². The Kier molecular flexibility index (Phi) is 3.97. The molecule has 1 aromatic carbocycles. The number of anilines is 1. The Morgan fingerprint density at radius 2 is 1.86 bits per heavy atom. The number of benzene rings is 1. The molecule has 0 aliphatic heterocycles. The van der Waals surface area contributed by atoms with Gasteiger partial charge in [-0.15, -0.1) is 0 Å². The van der Waals surface area contributed by atoms with Crippen LogP contribution in [0.25, 0.3) is 0 Å². The molecule has 1 aliphatic carbocycles. The first-order valence-electron chi connectivity index (χ1n) is 6.99. The van der Waals surface area contributed by atoms with Crippen LogP contribution in [0.3, 0.4) is 0 Å². The van der Waals surface area contributed by atoms with Gasteiger partial charge in [0.1, 0.15) is 17.3 Å². The molecule has 1 aliphatic rings. The van der Waals surface area contributed by atoms with Crippen LogP contribution >= 0.6 is 12.2 Å². The maximum Gasteiger partial charge on any atom is 0.228 e. The molecule has 0 spiro atoms. The first kappa shape index (κ1) is 15.8. The van der Waals surface area contributed by atoms with Crippen LogP contribution in [-0.2, 0) is 4.79 Å². The zero-order valence-electron chi connectivity index (χ0n) is 12.9. The van der Waals surface area contributed by atoms with E-state index in [2.05, 4.69) is 33.0 Å². The van der Waals surface area contributed by atoms with E-state index in [1.807, 2.05) is 18.2 Å². The molecular formula is C16H22N2O2S. The van der Waals surface area contributed by atoms with E-state index in [1.165, 1.54) is 0 Å². The lowest BCUT2D eigenvalue weighted by Gasteiger charge is -2.12. The molecule has 1 fully saturated rings. The van der Waals surface area contributed by atoms with Gasteiger partial charge in [-0.1, -0.05) is 52.0 Å². The zero-order chi connectivity index (χ0) is 15.8. The predicted molar refractivity (Wildman–Crippen MR) is 88.4 cm³/mol. The Bertz CT molecular complexity index is 567. The van der Waals surface area contributed by atoms with Crippen LogP contribution in [-0.4, -0.2) is 17.5 Å². The fraction of sp³-hybridized carbons (Fsp3) is 0.500. The van der Waals surface area contributed by atoms with Crippen LogP contribution in [0.2, 0.25) is 0 Å². The molecule has 5 heteroatoms. The standard InChI is InChI=1S/C16H22N2O2S/c1-15(2)13(16(15,3)4)14(19)18-10-7-5-6-8-11(10)20-9-12(17)21/h5-8,13H,9H2,1-4H3,(H2,17,21)(H,18,19). The fourth-order valence-corrected chi connectivity index (χ4v) is 2.96. The summed E-state index contributed by atoms with van der Waals surface area (Å²) in [4.78, 5) is 12.8. The van der Waals surface area contributed by atoms with Crippen molar-refractivity contribution in [3.05, 3.63) is 24.3 Å². The molecule has 0 atom stereocenters. The lowest BCUT2D eigenvalue weighted by molar-refractivity contribution is -0.118. The summed E-state index contributed by atoms with van der Waals surface area (Å²) in [7, 11) is 0. The zero-order valence-corrected chi connectivity index (χ0v) is 13.7. The molecule has 0 saturated heterocycles. The van der Waals surface area contributed by atoms with Gasteiger partial charge >= 0.3 is 0 Å². The minimum Gasteiger partial charge on any atom is -0.484 e. The maximum atomic E-state index is 12.5. The van der Waals surface area contributed by atoms with Crippen LogP contribution in [0, 0.1) is 16.7 Å². The van der Waals surface area contributed by atoms with Crippen molar-refractivity contribution in [3.63, 3.8) is 0 Å². The second-order valence-corrected chi connectivity index (χ2v) is 7.14. The first-order chi connectivity index (χ1) is 9.68. The molecule has 0 bridgehead atoms. The first-order valence-corrected chi connectivity index (χ1v) is 7.39. The number of carbonyl (C=O) groups excluding carboxylic acids is 1. The Morgan fingerprint density at radius 3 is 2.38 bits per heavy atom. The summed E-state index contributed by atoms with van der Waals surface area (Å²) in [6, 6.07) is 7.30. The number of rotatable bonds is 5. The highest BCUT2D eigenvalue weighted by Crippen LogP contribution is 2.68. The molecule has 0 unspecified atom stereocenters. The normalized spacial score (nSPS) is 18.9. The summed E-state index contributed by atoms with van der Waals surface area (Å²) in [6.07, 6.45) is 0. The molecule has 114 valence electrons. The van der Waals surface area contributed by atoms with Crippen molar-refractivity contribution >= 4 is 28.8 Å². The van der Waals surface area contributed by atoms with Crippen molar-refractivity contribution in [2.24, 2.45) is 22.5 Å². The highest BCUT2D eigenvalue weighted by Gasteiger charge is 2.68. The summed E-state index contributed by atoms with van der Waals surface area (Å²) in [5, 5.41) is 2.96. The minimum atomic E-state index is -0.00589. The van der Waals surface area contributed by atoms with Gasteiger partial charge in [0.05, 0.1) is 5.69 Å². The molecule has 0 heterocycles. The topological polar surface area (TPSA) is 64.3 Å². The van der Waals surface area contributed by atoms with Gasteiger partial charge in [0, 0.05) is 5.92 Å². The molecule has 1 saturated carbocycles. The van der Waals surface area contributed by atoms with Gasteiger partial charge in [0.25, 0.3) is 0 Å². The second kappa shape index (κ2) is 5.30. The number of hydrogen-bond donors (Lipinski definition) is 2. The Morgan fingerprint density at radius 1 is 1.29 bits per heavy atom. The van der Waals surface area contributed by atoms with Crippen LogP contribution in [0.1, 0.15) is 27.7 Å². The van der Waals surface area contributed by atoms with Gasteiger partial charge in [-0.25, -0.2) is 0 Å². The number of hydrogen-bond acceptors (Lipinski definition) is 3. The molecule has 4 nitrogen and oxygen atoms in total. The molecular weight excluding hydrogens is 284 g/mol. The molecule has 1 aromatic rings. The van der Waals surface area contributed by atoms with E-state index in [-0.39, 0.29) is 34.3 Å². The quantitative estimate of drug-likeness (QED) is 0.821. The Labute approximate surface area is 131 Å². The van der Waals surface area contributed by atoms with Crippen molar-refractivity contribution in [1.29, 1.82) is 0 Å². The van der Waals surface area contributed by atoms with E-state index in [0.29, 0.717) is 11.4 Å². The average Bonchev–Trinajstić information content (AvgIpc) is 2.78.